The number of hydrogen-bond acceptors (Lipinski definition) is 3. The second kappa shape index (κ2) is 14.5. The standard InChI is InChI=1S/C58H37NOS/c1-3-12-38(13-4-1)40-26-30-45(31-27-40)59(46-32-28-41(29-33-46)39-14-5-2-6-15-39)47-34-35-54-52(37-47)53-36-44-16-7-8-17-48(44)56(57(53)60-54)43-24-22-42(23-25-43)49-19-11-20-51-50-18-9-10-21-55(50)61-58(49)51/h1-37H. The van der Waals surface area contributed by atoms with Crippen molar-refractivity contribution >= 4 is 81.3 Å². The maximum absolute atomic E-state index is 6.91. The number of hydrogen-bond donors (Lipinski definition) is 0. The summed E-state index contributed by atoms with van der Waals surface area (Å²) >= 11 is 1.87. The van der Waals surface area contributed by atoms with E-state index < -0.39 is 0 Å². The Morgan fingerprint density at radius 2 is 0.885 bits per heavy atom. The largest absolute Gasteiger partial charge is 0.455 e. The van der Waals surface area contributed by atoms with Gasteiger partial charge in [0.05, 0.1) is 0 Å². The smallest absolute Gasteiger partial charge is 0.143 e. The van der Waals surface area contributed by atoms with Crippen molar-refractivity contribution in [1.29, 1.82) is 0 Å². The molecule has 2 aromatic heterocycles. The first-order valence-corrected chi connectivity index (χ1v) is 21.6. The summed E-state index contributed by atoms with van der Waals surface area (Å²) in [6, 6.07) is 80.9. The number of furan rings is 1. The monoisotopic (exact) mass is 795 g/mol. The lowest BCUT2D eigenvalue weighted by molar-refractivity contribution is 0.670. The number of benzene rings is 10. The maximum Gasteiger partial charge on any atom is 0.143 e. The van der Waals surface area contributed by atoms with Crippen molar-refractivity contribution in [3.05, 3.63) is 224 Å². The molecule has 0 aliphatic rings. The summed E-state index contributed by atoms with van der Waals surface area (Å²) in [5, 5.41) is 7.17. The molecule has 0 aliphatic heterocycles. The van der Waals surface area contributed by atoms with Crippen LogP contribution < -0.4 is 4.90 Å². The molecule has 0 aliphatic carbocycles. The van der Waals surface area contributed by atoms with Gasteiger partial charge in [-0.05, 0) is 104 Å². The molecule has 286 valence electrons. The lowest BCUT2D eigenvalue weighted by Gasteiger charge is -2.26. The minimum atomic E-state index is 0.863. The third kappa shape index (κ3) is 6.09. The summed E-state index contributed by atoms with van der Waals surface area (Å²) in [6.07, 6.45) is 0. The molecule has 0 amide bonds. The molecule has 0 bridgehead atoms. The summed E-state index contributed by atoms with van der Waals surface area (Å²) < 4.78 is 9.55. The first-order chi connectivity index (χ1) is 30.2. The van der Waals surface area contributed by atoms with E-state index in [2.05, 4.69) is 229 Å². The molecule has 0 atom stereocenters. The molecule has 0 saturated carbocycles. The molecule has 2 nitrogen and oxygen atoms in total. The predicted molar refractivity (Wildman–Crippen MR) is 261 cm³/mol. The first kappa shape index (κ1) is 35.2. The molecule has 61 heavy (non-hydrogen) atoms. The van der Waals surface area contributed by atoms with Gasteiger partial charge in [-0.25, -0.2) is 0 Å². The fourth-order valence-electron chi connectivity index (χ4n) is 9.09. The van der Waals surface area contributed by atoms with Crippen molar-refractivity contribution in [1.82, 2.24) is 0 Å². The predicted octanol–water partition coefficient (Wildman–Crippen LogP) is 17.2. The quantitative estimate of drug-likeness (QED) is 0.160. The van der Waals surface area contributed by atoms with Gasteiger partial charge in [-0.15, -0.1) is 11.3 Å². The van der Waals surface area contributed by atoms with Crippen LogP contribution in [0.2, 0.25) is 0 Å². The molecule has 0 radical (unpaired) electrons. The van der Waals surface area contributed by atoms with Gasteiger partial charge in [-0.1, -0.05) is 170 Å². The van der Waals surface area contributed by atoms with E-state index in [1.54, 1.807) is 0 Å². The Labute approximate surface area is 357 Å². The van der Waals surface area contributed by atoms with E-state index in [9.17, 15) is 0 Å². The van der Waals surface area contributed by atoms with Crippen LogP contribution in [0.25, 0.3) is 97.4 Å². The summed E-state index contributed by atoms with van der Waals surface area (Å²) in [7, 11) is 0. The minimum absolute atomic E-state index is 0.863. The van der Waals surface area contributed by atoms with E-state index in [0.29, 0.717) is 0 Å². The van der Waals surface area contributed by atoms with E-state index in [0.717, 1.165) is 50.1 Å². The van der Waals surface area contributed by atoms with Gasteiger partial charge >= 0.3 is 0 Å². The Morgan fingerprint density at radius 3 is 1.57 bits per heavy atom. The highest BCUT2D eigenvalue weighted by Gasteiger charge is 2.20. The number of nitrogens with zero attached hydrogens (tertiary/aromatic N) is 1. The molecule has 3 heteroatoms. The molecule has 0 spiro atoms. The molecule has 10 aromatic carbocycles. The lowest BCUT2D eigenvalue weighted by Crippen LogP contribution is -2.09. The van der Waals surface area contributed by atoms with Gasteiger partial charge in [-0.3, -0.25) is 0 Å². The summed E-state index contributed by atoms with van der Waals surface area (Å²) in [5.41, 5.74) is 14.5. The van der Waals surface area contributed by atoms with Crippen LogP contribution in [0.4, 0.5) is 17.1 Å². The molecule has 0 fully saturated rings. The second-order valence-corrected chi connectivity index (χ2v) is 16.7. The average molecular weight is 796 g/mol. The van der Waals surface area contributed by atoms with Gasteiger partial charge in [0.1, 0.15) is 11.2 Å². The fraction of sp³-hybridized carbons (Fsp3) is 0. The number of rotatable bonds is 7. The number of thiophene rings is 1. The van der Waals surface area contributed by atoms with Gasteiger partial charge in [0.15, 0.2) is 0 Å². The normalized spacial score (nSPS) is 11.6. The van der Waals surface area contributed by atoms with Gasteiger partial charge in [0.2, 0.25) is 0 Å². The van der Waals surface area contributed by atoms with Gasteiger partial charge in [-0.2, -0.15) is 0 Å². The van der Waals surface area contributed by atoms with E-state index >= 15 is 0 Å². The highest BCUT2D eigenvalue weighted by molar-refractivity contribution is 7.26. The van der Waals surface area contributed by atoms with Crippen LogP contribution in [0.5, 0.6) is 0 Å². The Kier molecular flexibility index (Phi) is 8.39. The van der Waals surface area contributed by atoms with Crippen molar-refractivity contribution in [3.8, 4) is 44.5 Å². The second-order valence-electron chi connectivity index (χ2n) is 15.7. The molecule has 12 rings (SSSR count). The van der Waals surface area contributed by atoms with Crippen LogP contribution in [0.15, 0.2) is 229 Å². The third-order valence-electron chi connectivity index (χ3n) is 12.1. The molecule has 0 saturated heterocycles. The minimum Gasteiger partial charge on any atom is -0.455 e. The van der Waals surface area contributed by atoms with Crippen molar-refractivity contribution in [2.45, 2.75) is 0 Å². The average Bonchev–Trinajstić information content (AvgIpc) is 3.90. The number of anilines is 3. The Bertz CT molecular complexity index is 3470. The fourth-order valence-corrected chi connectivity index (χ4v) is 10.3. The van der Waals surface area contributed by atoms with Crippen molar-refractivity contribution < 1.29 is 4.42 Å². The van der Waals surface area contributed by atoms with Gasteiger partial charge < -0.3 is 9.32 Å². The van der Waals surface area contributed by atoms with Crippen LogP contribution in [0.3, 0.4) is 0 Å². The highest BCUT2D eigenvalue weighted by Crippen LogP contribution is 2.45. The van der Waals surface area contributed by atoms with Crippen molar-refractivity contribution in [3.63, 3.8) is 0 Å². The zero-order valence-electron chi connectivity index (χ0n) is 33.1. The van der Waals surface area contributed by atoms with Gasteiger partial charge in [0.25, 0.3) is 0 Å². The van der Waals surface area contributed by atoms with E-state index in [1.165, 1.54) is 64.3 Å². The first-order valence-electron chi connectivity index (χ1n) is 20.7. The van der Waals surface area contributed by atoms with E-state index in [-0.39, 0.29) is 0 Å². The Morgan fingerprint density at radius 1 is 0.344 bits per heavy atom. The molecule has 0 N–H and O–H groups in total. The van der Waals surface area contributed by atoms with Crippen molar-refractivity contribution in [2.24, 2.45) is 0 Å². The zero-order chi connectivity index (χ0) is 40.3. The highest BCUT2D eigenvalue weighted by atomic mass is 32.1. The maximum atomic E-state index is 6.91. The van der Waals surface area contributed by atoms with Crippen LogP contribution >= 0.6 is 11.3 Å². The molecule has 0 unspecified atom stereocenters. The number of fused-ring (bicyclic) bond motifs is 7. The van der Waals surface area contributed by atoms with Crippen LogP contribution in [-0.2, 0) is 0 Å². The Hall–Kier alpha value is -7.72. The van der Waals surface area contributed by atoms with Crippen molar-refractivity contribution in [2.75, 3.05) is 4.90 Å². The molecule has 2 heterocycles. The lowest BCUT2D eigenvalue weighted by atomic mass is 9.93. The third-order valence-corrected chi connectivity index (χ3v) is 13.3. The van der Waals surface area contributed by atoms with Crippen LogP contribution in [0, 0.1) is 0 Å². The summed E-state index contributed by atoms with van der Waals surface area (Å²) in [5.74, 6) is 0. The molecule has 12 aromatic rings. The zero-order valence-corrected chi connectivity index (χ0v) is 33.9. The van der Waals surface area contributed by atoms with Crippen LogP contribution in [0.1, 0.15) is 0 Å². The van der Waals surface area contributed by atoms with Crippen LogP contribution in [-0.4, -0.2) is 0 Å². The SMILES string of the molecule is c1ccc(-c2ccc(N(c3ccc(-c4ccccc4)cc3)c3ccc4oc5c(-c6ccc(-c7cccc8c7sc7ccccc78)cc6)c6ccccc6cc5c4c3)cc2)cc1. The van der Waals surface area contributed by atoms with E-state index in [4.69, 9.17) is 4.42 Å². The topological polar surface area (TPSA) is 16.4 Å². The molecular weight excluding hydrogens is 759 g/mol. The molecular formula is C58H37NOS. The van der Waals surface area contributed by atoms with E-state index in [1.807, 2.05) is 11.3 Å². The summed E-state index contributed by atoms with van der Waals surface area (Å²) in [6.45, 7) is 0. The van der Waals surface area contributed by atoms with Gasteiger partial charge in [0, 0.05) is 53.6 Å². The Balaban J connectivity index is 0.990. The summed E-state index contributed by atoms with van der Waals surface area (Å²) in [4.78, 5) is 2.35.